The fraction of sp³-hybridized carbons (Fsp3) is 0.267. The molecular formula is C15H16BrClN2. The highest BCUT2D eigenvalue weighted by Gasteiger charge is 2.16. The van der Waals surface area contributed by atoms with Gasteiger partial charge in [0.2, 0.25) is 0 Å². The SMILES string of the molecule is CCNC(Cc1ccccc1Cl)c1ncccc1Br. The monoisotopic (exact) mass is 338 g/mol. The number of nitrogens with zero attached hydrogens (tertiary/aromatic N) is 1. The summed E-state index contributed by atoms with van der Waals surface area (Å²) in [5, 5.41) is 4.27. The molecule has 1 atom stereocenters. The zero-order chi connectivity index (χ0) is 13.7. The molecule has 0 aliphatic rings. The molecule has 1 aromatic carbocycles. The number of nitrogens with one attached hydrogen (secondary N) is 1. The van der Waals surface area contributed by atoms with E-state index >= 15 is 0 Å². The molecule has 0 saturated carbocycles. The van der Waals surface area contributed by atoms with Gasteiger partial charge in [0, 0.05) is 15.7 Å². The number of hydrogen-bond acceptors (Lipinski definition) is 2. The average molecular weight is 340 g/mol. The predicted molar refractivity (Wildman–Crippen MR) is 83.5 cm³/mol. The molecule has 0 bridgehead atoms. The van der Waals surface area contributed by atoms with Crippen molar-refractivity contribution in [1.82, 2.24) is 10.3 Å². The Morgan fingerprint density at radius 2 is 2.05 bits per heavy atom. The summed E-state index contributed by atoms with van der Waals surface area (Å²) in [6, 6.07) is 12.0. The molecule has 0 amide bonds. The molecule has 2 rings (SSSR count). The zero-order valence-electron chi connectivity index (χ0n) is 10.7. The first-order valence-corrected chi connectivity index (χ1v) is 7.46. The number of aromatic nitrogens is 1. The minimum absolute atomic E-state index is 0.153. The Labute approximate surface area is 127 Å². The molecule has 2 aromatic rings. The van der Waals surface area contributed by atoms with Crippen LogP contribution in [-0.4, -0.2) is 11.5 Å². The topological polar surface area (TPSA) is 24.9 Å². The molecule has 0 aliphatic heterocycles. The molecule has 1 heterocycles. The van der Waals surface area contributed by atoms with Crippen molar-refractivity contribution in [2.75, 3.05) is 6.54 Å². The summed E-state index contributed by atoms with van der Waals surface area (Å²) < 4.78 is 1.02. The molecule has 0 radical (unpaired) electrons. The molecule has 2 nitrogen and oxygen atoms in total. The maximum atomic E-state index is 6.24. The molecule has 1 N–H and O–H groups in total. The molecule has 0 spiro atoms. The van der Waals surface area contributed by atoms with E-state index in [0.717, 1.165) is 33.7 Å². The van der Waals surface area contributed by atoms with E-state index in [1.807, 2.05) is 36.5 Å². The van der Waals surface area contributed by atoms with Gasteiger partial charge in [0.25, 0.3) is 0 Å². The van der Waals surface area contributed by atoms with Gasteiger partial charge in [-0.1, -0.05) is 36.7 Å². The van der Waals surface area contributed by atoms with Crippen LogP contribution >= 0.6 is 27.5 Å². The van der Waals surface area contributed by atoms with Crippen molar-refractivity contribution >= 4 is 27.5 Å². The van der Waals surface area contributed by atoms with Gasteiger partial charge in [-0.3, -0.25) is 4.98 Å². The third-order valence-corrected chi connectivity index (χ3v) is 3.99. The van der Waals surface area contributed by atoms with Gasteiger partial charge in [-0.15, -0.1) is 0 Å². The van der Waals surface area contributed by atoms with Crippen LogP contribution in [0.25, 0.3) is 0 Å². The largest absolute Gasteiger partial charge is 0.309 e. The van der Waals surface area contributed by atoms with E-state index in [2.05, 4.69) is 39.2 Å². The average Bonchev–Trinajstić information content (AvgIpc) is 2.41. The van der Waals surface area contributed by atoms with Gasteiger partial charge in [-0.05, 0) is 52.7 Å². The summed E-state index contributed by atoms with van der Waals surface area (Å²) in [6.07, 6.45) is 2.64. The Morgan fingerprint density at radius 1 is 1.26 bits per heavy atom. The first kappa shape index (κ1) is 14.5. The minimum atomic E-state index is 0.153. The summed E-state index contributed by atoms with van der Waals surface area (Å²) in [5.41, 5.74) is 2.15. The highest BCUT2D eigenvalue weighted by atomic mass is 79.9. The minimum Gasteiger partial charge on any atom is -0.309 e. The first-order valence-electron chi connectivity index (χ1n) is 6.29. The van der Waals surface area contributed by atoms with E-state index < -0.39 is 0 Å². The van der Waals surface area contributed by atoms with Crippen LogP contribution in [0.1, 0.15) is 24.2 Å². The van der Waals surface area contributed by atoms with Crippen LogP contribution in [0.2, 0.25) is 5.02 Å². The van der Waals surface area contributed by atoms with E-state index in [1.54, 1.807) is 0 Å². The van der Waals surface area contributed by atoms with E-state index in [0.29, 0.717) is 0 Å². The van der Waals surface area contributed by atoms with Crippen LogP contribution < -0.4 is 5.32 Å². The highest BCUT2D eigenvalue weighted by Crippen LogP contribution is 2.26. The van der Waals surface area contributed by atoms with Crippen LogP contribution in [0.15, 0.2) is 47.1 Å². The van der Waals surface area contributed by atoms with Crippen molar-refractivity contribution in [3.05, 3.63) is 63.3 Å². The van der Waals surface area contributed by atoms with Crippen LogP contribution in [0, 0.1) is 0 Å². The lowest BCUT2D eigenvalue weighted by molar-refractivity contribution is 0.534. The standard InChI is InChI=1S/C15H16BrClN2/c1-2-18-14(15-12(16)7-5-9-19-15)10-11-6-3-4-8-13(11)17/h3-9,14,18H,2,10H2,1H3. The number of benzene rings is 1. The Morgan fingerprint density at radius 3 is 2.74 bits per heavy atom. The Bertz CT molecular complexity index is 545. The van der Waals surface area contributed by atoms with Gasteiger partial charge in [-0.25, -0.2) is 0 Å². The summed E-state index contributed by atoms with van der Waals surface area (Å²) in [5.74, 6) is 0. The molecule has 100 valence electrons. The maximum Gasteiger partial charge on any atom is 0.0718 e. The van der Waals surface area contributed by atoms with Crippen molar-refractivity contribution in [1.29, 1.82) is 0 Å². The molecule has 1 aromatic heterocycles. The quantitative estimate of drug-likeness (QED) is 0.874. The normalized spacial score (nSPS) is 12.4. The van der Waals surface area contributed by atoms with Crippen LogP contribution in [0.3, 0.4) is 0 Å². The van der Waals surface area contributed by atoms with Gasteiger partial charge >= 0.3 is 0 Å². The van der Waals surface area contributed by atoms with E-state index in [-0.39, 0.29) is 6.04 Å². The van der Waals surface area contributed by atoms with Crippen molar-refractivity contribution in [2.45, 2.75) is 19.4 Å². The van der Waals surface area contributed by atoms with Gasteiger partial charge in [0.05, 0.1) is 11.7 Å². The highest BCUT2D eigenvalue weighted by molar-refractivity contribution is 9.10. The van der Waals surface area contributed by atoms with Crippen LogP contribution in [0.4, 0.5) is 0 Å². The van der Waals surface area contributed by atoms with Crippen LogP contribution in [-0.2, 0) is 6.42 Å². The number of likely N-dealkylation sites (N-methyl/N-ethyl adjacent to an activating group) is 1. The lowest BCUT2D eigenvalue weighted by atomic mass is 10.0. The third-order valence-electron chi connectivity index (χ3n) is 2.95. The fourth-order valence-corrected chi connectivity index (χ4v) is 2.79. The molecule has 1 unspecified atom stereocenters. The van der Waals surface area contributed by atoms with Gasteiger partial charge in [0.15, 0.2) is 0 Å². The van der Waals surface area contributed by atoms with E-state index in [4.69, 9.17) is 11.6 Å². The zero-order valence-corrected chi connectivity index (χ0v) is 13.1. The summed E-state index contributed by atoms with van der Waals surface area (Å²) >= 11 is 9.80. The van der Waals surface area contributed by atoms with E-state index in [9.17, 15) is 0 Å². The van der Waals surface area contributed by atoms with Crippen molar-refractivity contribution in [3.63, 3.8) is 0 Å². The third kappa shape index (κ3) is 3.78. The van der Waals surface area contributed by atoms with Crippen molar-refractivity contribution < 1.29 is 0 Å². The Kier molecular flexibility index (Phi) is 5.37. The second kappa shape index (κ2) is 7.04. The molecule has 19 heavy (non-hydrogen) atoms. The number of halogens is 2. The van der Waals surface area contributed by atoms with Gasteiger partial charge in [0.1, 0.15) is 0 Å². The molecule has 0 saturated heterocycles. The second-order valence-electron chi connectivity index (χ2n) is 4.28. The molecule has 4 heteroatoms. The Hall–Kier alpha value is -0.900. The Balaban J connectivity index is 2.27. The van der Waals surface area contributed by atoms with E-state index in [1.165, 1.54) is 0 Å². The molecule has 0 aliphatic carbocycles. The number of pyridine rings is 1. The molecular weight excluding hydrogens is 324 g/mol. The number of hydrogen-bond donors (Lipinski definition) is 1. The second-order valence-corrected chi connectivity index (χ2v) is 5.54. The predicted octanol–water partition coefficient (Wildman–Crippen LogP) is 4.39. The summed E-state index contributed by atoms with van der Waals surface area (Å²) in [6.45, 7) is 2.98. The summed E-state index contributed by atoms with van der Waals surface area (Å²) in [4.78, 5) is 4.47. The number of rotatable bonds is 5. The smallest absolute Gasteiger partial charge is 0.0718 e. The van der Waals surface area contributed by atoms with Gasteiger partial charge < -0.3 is 5.32 Å². The van der Waals surface area contributed by atoms with Crippen molar-refractivity contribution in [3.8, 4) is 0 Å². The first-order chi connectivity index (χ1) is 9.22. The fourth-order valence-electron chi connectivity index (χ4n) is 2.05. The lowest BCUT2D eigenvalue weighted by Crippen LogP contribution is -2.24. The summed E-state index contributed by atoms with van der Waals surface area (Å²) in [7, 11) is 0. The van der Waals surface area contributed by atoms with Crippen LogP contribution in [0.5, 0.6) is 0 Å². The maximum absolute atomic E-state index is 6.24. The molecule has 0 fully saturated rings. The van der Waals surface area contributed by atoms with Gasteiger partial charge in [-0.2, -0.15) is 0 Å². The lowest BCUT2D eigenvalue weighted by Gasteiger charge is -2.19. The van der Waals surface area contributed by atoms with Crippen molar-refractivity contribution in [2.24, 2.45) is 0 Å².